The van der Waals surface area contributed by atoms with Crippen LogP contribution < -0.4 is 0 Å². The van der Waals surface area contributed by atoms with Gasteiger partial charge in [-0.2, -0.15) is 0 Å². The van der Waals surface area contributed by atoms with Gasteiger partial charge in [0.2, 0.25) is 0 Å². The molecule has 220 valence electrons. The van der Waals surface area contributed by atoms with Crippen molar-refractivity contribution in [3.05, 3.63) is 0 Å². The number of aliphatic carboxylic acids is 4. The summed E-state index contributed by atoms with van der Waals surface area (Å²) in [6.45, 7) is 4.82. The van der Waals surface area contributed by atoms with Gasteiger partial charge in [-0.3, -0.25) is 19.2 Å². The molecule has 0 fully saturated rings. The summed E-state index contributed by atoms with van der Waals surface area (Å²) < 4.78 is 0. The van der Waals surface area contributed by atoms with E-state index >= 15 is 0 Å². The standard InChI is InChI=1S/2C6H12O2.2C3H8O3.2C2H4O2/c2*1-2-3-4-5-6(7)8;2*4-1-3(6)2-5;2*1-2(3)4/h2*2-5H2,1H3,(H,7,8);2*3-6H,1-2H2;2*1H3,(H,3,4). The Bertz CT molecular complexity index is 414. The second kappa shape index (κ2) is 42.8. The lowest BCUT2D eigenvalue weighted by Gasteiger charge is -1.96. The Kier molecular flexibility index (Phi) is 55.7. The van der Waals surface area contributed by atoms with Gasteiger partial charge in [-0.15, -0.1) is 0 Å². The quantitative estimate of drug-likeness (QED) is 0.149. The van der Waals surface area contributed by atoms with E-state index in [2.05, 4.69) is 13.8 Å². The largest absolute Gasteiger partial charge is 0.481 e. The van der Waals surface area contributed by atoms with Crippen LogP contribution in [-0.4, -0.2) is 114 Å². The number of carboxylic acids is 4. The number of hydrogen-bond acceptors (Lipinski definition) is 10. The van der Waals surface area contributed by atoms with Crippen molar-refractivity contribution in [2.75, 3.05) is 26.4 Å². The first kappa shape index (κ1) is 46.9. The monoisotopic (exact) mass is 536 g/mol. The first-order valence-electron chi connectivity index (χ1n) is 11.2. The molecular formula is C22H48O14. The van der Waals surface area contributed by atoms with E-state index < -0.39 is 36.1 Å². The lowest BCUT2D eigenvalue weighted by molar-refractivity contribution is -0.138. The molecule has 0 aliphatic rings. The van der Waals surface area contributed by atoms with Gasteiger partial charge in [-0.1, -0.05) is 39.5 Å². The van der Waals surface area contributed by atoms with E-state index in [1.54, 1.807) is 0 Å². The highest BCUT2D eigenvalue weighted by atomic mass is 16.4. The number of carbonyl (C=O) groups is 4. The van der Waals surface area contributed by atoms with Crippen LogP contribution in [-0.2, 0) is 19.2 Å². The lowest BCUT2D eigenvalue weighted by Crippen LogP contribution is -2.15. The predicted octanol–water partition coefficient (Wildman–Crippen LogP) is 0.148. The van der Waals surface area contributed by atoms with Crippen LogP contribution in [0.15, 0.2) is 0 Å². The fourth-order valence-electron chi connectivity index (χ4n) is 1.17. The van der Waals surface area contributed by atoms with E-state index in [4.69, 9.17) is 60.7 Å². The first-order chi connectivity index (χ1) is 16.6. The molecule has 0 atom stereocenters. The molecular weight excluding hydrogens is 488 g/mol. The molecule has 0 aromatic heterocycles. The second-order valence-electron chi connectivity index (χ2n) is 6.78. The number of hydrogen-bond donors (Lipinski definition) is 10. The van der Waals surface area contributed by atoms with Crippen LogP contribution in [0.25, 0.3) is 0 Å². The first-order valence-corrected chi connectivity index (χ1v) is 11.2. The Hall–Kier alpha value is -2.36. The van der Waals surface area contributed by atoms with Crippen LogP contribution in [0.5, 0.6) is 0 Å². The Balaban J connectivity index is -0.0000000766. The summed E-state index contributed by atoms with van der Waals surface area (Å²) in [6.07, 6.45) is 4.65. The lowest BCUT2D eigenvalue weighted by atomic mass is 10.2. The van der Waals surface area contributed by atoms with Crippen molar-refractivity contribution in [2.45, 2.75) is 91.3 Å². The average Bonchev–Trinajstić information content (AvgIpc) is 2.78. The van der Waals surface area contributed by atoms with Crippen molar-refractivity contribution >= 4 is 23.9 Å². The number of unbranched alkanes of at least 4 members (excludes halogenated alkanes) is 4. The number of carboxylic acid groups (broad SMARTS) is 4. The third kappa shape index (κ3) is 121. The van der Waals surface area contributed by atoms with Gasteiger partial charge in [0.25, 0.3) is 11.9 Å². The molecule has 0 bridgehead atoms. The number of aliphatic hydroxyl groups is 6. The van der Waals surface area contributed by atoms with Gasteiger partial charge in [0, 0.05) is 26.7 Å². The SMILES string of the molecule is CC(=O)O.CC(=O)O.CCCCCC(=O)O.CCCCCC(=O)O.OCC(O)CO.OCC(O)CO. The van der Waals surface area contributed by atoms with Crippen LogP contribution >= 0.6 is 0 Å². The van der Waals surface area contributed by atoms with Crippen LogP contribution in [0.1, 0.15) is 79.1 Å². The zero-order chi connectivity index (χ0) is 29.9. The zero-order valence-corrected chi connectivity index (χ0v) is 21.7. The van der Waals surface area contributed by atoms with Crippen molar-refractivity contribution < 1.29 is 70.2 Å². The van der Waals surface area contributed by atoms with Gasteiger partial charge in [0.15, 0.2) is 0 Å². The van der Waals surface area contributed by atoms with E-state index in [0.29, 0.717) is 12.8 Å². The van der Waals surface area contributed by atoms with E-state index in [9.17, 15) is 9.59 Å². The van der Waals surface area contributed by atoms with Crippen LogP contribution in [0.2, 0.25) is 0 Å². The van der Waals surface area contributed by atoms with Crippen molar-refractivity contribution in [1.29, 1.82) is 0 Å². The number of rotatable bonds is 12. The third-order valence-electron chi connectivity index (χ3n) is 2.83. The minimum Gasteiger partial charge on any atom is -0.481 e. The molecule has 0 saturated heterocycles. The van der Waals surface area contributed by atoms with Crippen LogP contribution in [0.4, 0.5) is 0 Å². The van der Waals surface area contributed by atoms with Gasteiger partial charge in [-0.05, 0) is 12.8 Å². The molecule has 0 amide bonds. The second-order valence-corrected chi connectivity index (χ2v) is 6.78. The summed E-state index contributed by atoms with van der Waals surface area (Å²) in [4.78, 5) is 37.7. The molecule has 0 spiro atoms. The van der Waals surface area contributed by atoms with Crippen molar-refractivity contribution in [2.24, 2.45) is 0 Å². The summed E-state index contributed by atoms with van der Waals surface area (Å²) in [5.74, 6) is -3.03. The topological polar surface area (TPSA) is 271 Å². The van der Waals surface area contributed by atoms with Gasteiger partial charge in [0.1, 0.15) is 12.2 Å². The summed E-state index contributed by atoms with van der Waals surface area (Å²) in [7, 11) is 0. The molecule has 0 unspecified atom stereocenters. The van der Waals surface area contributed by atoms with Crippen molar-refractivity contribution in [3.8, 4) is 0 Å². The summed E-state index contributed by atoms with van der Waals surface area (Å²) in [6, 6.07) is 0. The third-order valence-corrected chi connectivity index (χ3v) is 2.83. The van der Waals surface area contributed by atoms with Gasteiger partial charge >= 0.3 is 11.9 Å². The normalized spacial score (nSPS) is 8.78. The minimum absolute atomic E-state index is 0.327. The minimum atomic E-state index is -0.954. The van der Waals surface area contributed by atoms with Crippen molar-refractivity contribution in [3.63, 3.8) is 0 Å². The predicted molar refractivity (Wildman–Crippen MR) is 131 cm³/mol. The molecule has 0 heterocycles. The van der Waals surface area contributed by atoms with Gasteiger partial charge < -0.3 is 51.1 Å². The van der Waals surface area contributed by atoms with Crippen molar-refractivity contribution in [1.82, 2.24) is 0 Å². The molecule has 0 aliphatic carbocycles. The molecule has 14 nitrogen and oxygen atoms in total. The van der Waals surface area contributed by atoms with Crippen LogP contribution in [0.3, 0.4) is 0 Å². The highest BCUT2D eigenvalue weighted by Gasteiger charge is 1.95. The van der Waals surface area contributed by atoms with E-state index in [1.165, 1.54) is 0 Å². The Morgan fingerprint density at radius 1 is 0.528 bits per heavy atom. The number of aliphatic hydroxyl groups excluding tert-OH is 6. The maximum atomic E-state index is 9.87. The average molecular weight is 537 g/mol. The highest BCUT2D eigenvalue weighted by molar-refractivity contribution is 5.66. The molecule has 36 heavy (non-hydrogen) atoms. The van der Waals surface area contributed by atoms with E-state index in [0.717, 1.165) is 52.4 Å². The highest BCUT2D eigenvalue weighted by Crippen LogP contribution is 1.97. The van der Waals surface area contributed by atoms with Crippen LogP contribution in [0, 0.1) is 0 Å². The fourth-order valence-corrected chi connectivity index (χ4v) is 1.17. The zero-order valence-electron chi connectivity index (χ0n) is 21.7. The molecule has 10 N–H and O–H groups in total. The molecule has 0 aromatic rings. The molecule has 0 aromatic carbocycles. The molecule has 0 radical (unpaired) electrons. The summed E-state index contributed by atoms with van der Waals surface area (Å²) in [5, 5.41) is 79.1. The maximum Gasteiger partial charge on any atom is 0.303 e. The molecule has 0 rings (SSSR count). The van der Waals surface area contributed by atoms with E-state index in [-0.39, 0.29) is 26.4 Å². The van der Waals surface area contributed by atoms with Gasteiger partial charge in [-0.25, -0.2) is 0 Å². The Labute approximate surface area is 212 Å². The molecule has 0 aliphatic heterocycles. The maximum absolute atomic E-state index is 9.87. The van der Waals surface area contributed by atoms with E-state index in [1.807, 2.05) is 0 Å². The molecule has 0 saturated carbocycles. The fraction of sp³-hybridized carbons (Fsp3) is 0.818. The Morgan fingerprint density at radius 2 is 0.722 bits per heavy atom. The summed E-state index contributed by atoms with van der Waals surface area (Å²) >= 11 is 0. The smallest absolute Gasteiger partial charge is 0.303 e. The van der Waals surface area contributed by atoms with Gasteiger partial charge in [0.05, 0.1) is 26.4 Å². The molecule has 14 heteroatoms. The summed E-state index contributed by atoms with van der Waals surface area (Å²) in [5.41, 5.74) is 0. The Morgan fingerprint density at radius 3 is 0.806 bits per heavy atom.